The number of benzene rings is 9. The van der Waals surface area contributed by atoms with Crippen molar-refractivity contribution in [3.8, 4) is 11.1 Å². The van der Waals surface area contributed by atoms with E-state index in [4.69, 9.17) is 0 Å². The van der Waals surface area contributed by atoms with E-state index >= 15 is 0 Å². The molecule has 4 aliphatic carbocycles. The molecule has 2 saturated carbocycles. The van der Waals surface area contributed by atoms with Crippen molar-refractivity contribution in [2.75, 3.05) is 4.90 Å². The first-order valence-corrected chi connectivity index (χ1v) is 22.5. The Kier molecular flexibility index (Phi) is 8.65. The second-order valence-corrected chi connectivity index (χ2v) is 18.5. The zero-order chi connectivity index (χ0) is 39.7. The van der Waals surface area contributed by atoms with Crippen LogP contribution in [0.2, 0.25) is 0 Å². The molecule has 4 atom stereocenters. The lowest BCUT2D eigenvalue weighted by Crippen LogP contribution is -2.29. The normalized spacial score (nSPS) is 20.4. The lowest BCUT2D eigenvalue weighted by Gasteiger charge is -2.42. The fourth-order valence-electron chi connectivity index (χ4n) is 12.5. The van der Waals surface area contributed by atoms with Crippen molar-refractivity contribution in [2.45, 2.75) is 69.1 Å². The van der Waals surface area contributed by atoms with Crippen LogP contribution in [0.25, 0.3) is 43.4 Å². The topological polar surface area (TPSA) is 3.24 Å². The van der Waals surface area contributed by atoms with Crippen molar-refractivity contribution in [1.82, 2.24) is 0 Å². The molecule has 9 aromatic rings. The van der Waals surface area contributed by atoms with Crippen LogP contribution >= 0.6 is 0 Å². The molecule has 0 aromatic heterocycles. The van der Waals surface area contributed by atoms with Crippen molar-refractivity contribution >= 4 is 49.4 Å². The number of nitrogens with zero attached hydrogens (tertiary/aromatic N) is 1. The zero-order valence-corrected chi connectivity index (χ0v) is 34.5. The van der Waals surface area contributed by atoms with Gasteiger partial charge in [-0.05, 0) is 159 Å². The van der Waals surface area contributed by atoms with E-state index in [0.29, 0.717) is 23.7 Å². The van der Waals surface area contributed by atoms with Gasteiger partial charge in [-0.3, -0.25) is 0 Å². The Morgan fingerprint density at radius 2 is 1.03 bits per heavy atom. The minimum atomic E-state index is 0.339. The SMILES string of the molecule is CC(c1ccccc1)C(Cc1ccc2ccc3c(N(c4ccccc4)c4cccc5c4-c4ccccc4C4CC6CC(C4)CC5C6)ccc4ccc1c2c43)c1ccccc1. The molecule has 2 fully saturated rings. The Labute approximate surface area is 354 Å². The maximum atomic E-state index is 2.61. The monoisotopic (exact) mass is 773 g/mol. The van der Waals surface area contributed by atoms with Crippen LogP contribution < -0.4 is 4.90 Å². The molecular weight excluding hydrogens is 723 g/mol. The summed E-state index contributed by atoms with van der Waals surface area (Å²) >= 11 is 0. The molecule has 13 rings (SSSR count). The third kappa shape index (κ3) is 5.88. The quantitative estimate of drug-likeness (QED) is 0.139. The van der Waals surface area contributed by atoms with Crippen LogP contribution in [0.15, 0.2) is 182 Å². The Morgan fingerprint density at radius 3 is 1.77 bits per heavy atom. The van der Waals surface area contributed by atoms with Crippen molar-refractivity contribution in [3.05, 3.63) is 210 Å². The molecule has 0 radical (unpaired) electrons. The molecule has 292 valence electrons. The van der Waals surface area contributed by atoms with Gasteiger partial charge in [-0.25, -0.2) is 0 Å². The fourth-order valence-corrected chi connectivity index (χ4v) is 12.5. The van der Waals surface area contributed by atoms with Crippen LogP contribution in [0.3, 0.4) is 0 Å². The summed E-state index contributed by atoms with van der Waals surface area (Å²) < 4.78 is 0. The zero-order valence-electron chi connectivity index (χ0n) is 34.5. The van der Waals surface area contributed by atoms with Crippen LogP contribution in [-0.4, -0.2) is 0 Å². The van der Waals surface area contributed by atoms with E-state index < -0.39 is 0 Å². The van der Waals surface area contributed by atoms with E-state index in [9.17, 15) is 0 Å². The molecule has 0 heterocycles. The molecule has 0 aliphatic heterocycles. The van der Waals surface area contributed by atoms with Crippen LogP contribution in [0.1, 0.15) is 90.5 Å². The summed E-state index contributed by atoms with van der Waals surface area (Å²) in [5, 5.41) is 8.03. The minimum Gasteiger partial charge on any atom is -0.309 e. The Bertz CT molecular complexity index is 2970. The minimum absolute atomic E-state index is 0.339. The highest BCUT2D eigenvalue weighted by Gasteiger charge is 2.41. The maximum Gasteiger partial charge on any atom is 0.0543 e. The van der Waals surface area contributed by atoms with E-state index in [1.165, 1.54) is 109 Å². The number of para-hydroxylation sites is 1. The summed E-state index contributed by atoms with van der Waals surface area (Å²) in [5.74, 6) is 3.59. The molecule has 4 bridgehead atoms. The molecule has 0 saturated heterocycles. The largest absolute Gasteiger partial charge is 0.309 e. The molecule has 0 N–H and O–H groups in total. The highest BCUT2D eigenvalue weighted by atomic mass is 15.1. The molecule has 1 heteroatoms. The summed E-state index contributed by atoms with van der Waals surface area (Å²) in [6, 6.07) is 69.4. The molecule has 4 unspecified atom stereocenters. The van der Waals surface area contributed by atoms with Crippen LogP contribution in [0.4, 0.5) is 17.1 Å². The Morgan fingerprint density at radius 1 is 0.467 bits per heavy atom. The van der Waals surface area contributed by atoms with Crippen LogP contribution in [-0.2, 0) is 6.42 Å². The summed E-state index contributed by atoms with van der Waals surface area (Å²) in [4.78, 5) is 2.61. The third-order valence-corrected chi connectivity index (χ3v) is 15.1. The van der Waals surface area contributed by atoms with Gasteiger partial charge in [0.15, 0.2) is 0 Å². The van der Waals surface area contributed by atoms with E-state index in [1.54, 1.807) is 11.1 Å². The van der Waals surface area contributed by atoms with Gasteiger partial charge in [0.05, 0.1) is 11.4 Å². The fraction of sp³-hybridized carbons (Fsp3) is 0.220. The number of rotatable bonds is 8. The van der Waals surface area contributed by atoms with Gasteiger partial charge in [-0.15, -0.1) is 0 Å². The van der Waals surface area contributed by atoms with Crippen LogP contribution in [0, 0.1) is 11.8 Å². The van der Waals surface area contributed by atoms with Gasteiger partial charge in [-0.2, -0.15) is 0 Å². The molecule has 1 nitrogen and oxygen atoms in total. The van der Waals surface area contributed by atoms with Gasteiger partial charge < -0.3 is 4.90 Å². The first kappa shape index (κ1) is 35.7. The first-order chi connectivity index (χ1) is 29.7. The number of hydrogen-bond donors (Lipinski definition) is 0. The Hall–Kier alpha value is -6.18. The average molecular weight is 774 g/mol. The summed E-state index contributed by atoms with van der Waals surface area (Å²) in [5.41, 5.74) is 14.0. The lowest BCUT2D eigenvalue weighted by atomic mass is 9.63. The van der Waals surface area contributed by atoms with Gasteiger partial charge in [0.25, 0.3) is 0 Å². The Balaban J connectivity index is 1.06. The molecule has 9 aromatic carbocycles. The highest BCUT2D eigenvalue weighted by molar-refractivity contribution is 6.26. The van der Waals surface area contributed by atoms with Crippen molar-refractivity contribution in [3.63, 3.8) is 0 Å². The highest BCUT2D eigenvalue weighted by Crippen LogP contribution is 2.58. The predicted molar refractivity (Wildman–Crippen MR) is 254 cm³/mol. The van der Waals surface area contributed by atoms with E-state index in [-0.39, 0.29) is 0 Å². The first-order valence-electron chi connectivity index (χ1n) is 22.5. The third-order valence-electron chi connectivity index (χ3n) is 15.1. The van der Waals surface area contributed by atoms with Crippen molar-refractivity contribution in [1.29, 1.82) is 0 Å². The standard InChI is InChI=1S/C59H51N/c1-38(41-14-5-2-6-15-41)54(42-16-7-3-8-17-42)37-45-25-24-43-27-30-53-55(31-28-44-26-29-51(45)57(43)58(44)53)60(48-18-9-4-10-19-48)56-23-13-22-50-47-35-39-32-40(36-47)34-46(33-39)49-20-11-12-21-52(49)59(50)56/h2-31,38-40,46-47,54H,32-37H2,1H3. The van der Waals surface area contributed by atoms with E-state index in [0.717, 1.165) is 18.3 Å². The van der Waals surface area contributed by atoms with Gasteiger partial charge >= 0.3 is 0 Å². The van der Waals surface area contributed by atoms with Crippen molar-refractivity contribution < 1.29 is 0 Å². The molecule has 60 heavy (non-hydrogen) atoms. The molecule has 0 spiro atoms. The summed E-state index contributed by atoms with van der Waals surface area (Å²) in [6.07, 6.45) is 7.70. The van der Waals surface area contributed by atoms with Gasteiger partial charge in [0, 0.05) is 16.6 Å². The van der Waals surface area contributed by atoms with Gasteiger partial charge in [-0.1, -0.05) is 165 Å². The van der Waals surface area contributed by atoms with E-state index in [2.05, 4.69) is 194 Å². The smallest absolute Gasteiger partial charge is 0.0543 e. The van der Waals surface area contributed by atoms with Crippen LogP contribution in [0.5, 0.6) is 0 Å². The van der Waals surface area contributed by atoms with E-state index in [1.807, 2.05) is 0 Å². The second kappa shape index (κ2) is 14.5. The van der Waals surface area contributed by atoms with Gasteiger partial charge in [0.1, 0.15) is 0 Å². The average Bonchev–Trinajstić information content (AvgIpc) is 3.36. The second-order valence-electron chi connectivity index (χ2n) is 18.5. The molecule has 0 amide bonds. The number of hydrogen-bond acceptors (Lipinski definition) is 1. The summed E-state index contributed by atoms with van der Waals surface area (Å²) in [6.45, 7) is 2.41. The molecule has 4 aliphatic rings. The lowest BCUT2D eigenvalue weighted by molar-refractivity contribution is 0.153. The van der Waals surface area contributed by atoms with Gasteiger partial charge in [0.2, 0.25) is 0 Å². The van der Waals surface area contributed by atoms with Crippen molar-refractivity contribution in [2.24, 2.45) is 11.8 Å². The molecular formula is C59H51N. The predicted octanol–water partition coefficient (Wildman–Crippen LogP) is 16.2. The summed E-state index contributed by atoms with van der Waals surface area (Å²) in [7, 11) is 0. The number of anilines is 3. The maximum absolute atomic E-state index is 2.61.